The molecule has 0 fully saturated rings. The summed E-state index contributed by atoms with van der Waals surface area (Å²) in [6, 6.07) is -0.436. The molecule has 0 bridgehead atoms. The van der Waals surface area contributed by atoms with Gasteiger partial charge >= 0.3 is 5.97 Å². The fourth-order valence-electron chi connectivity index (χ4n) is 0.585. The largest absolute Gasteiger partial charge is 0.465 e. The Morgan fingerprint density at radius 1 is 1.50 bits per heavy atom. The van der Waals surface area contributed by atoms with Gasteiger partial charge in [0.15, 0.2) is 0 Å². The zero-order valence-corrected chi connectivity index (χ0v) is 8.22. The third-order valence-corrected chi connectivity index (χ3v) is 1.25. The number of rotatable bonds is 3. The van der Waals surface area contributed by atoms with Crippen LogP contribution < -0.4 is 5.73 Å². The normalized spacial score (nSPS) is 14.1. The maximum atomic E-state index is 10.9. The van der Waals surface area contributed by atoms with Gasteiger partial charge in [0, 0.05) is 0 Å². The van der Waals surface area contributed by atoms with Crippen molar-refractivity contribution in [1.82, 2.24) is 0 Å². The molecular weight excluding hydrogens is 158 g/mol. The highest BCUT2D eigenvalue weighted by Gasteiger charge is 2.21. The molecule has 12 heavy (non-hydrogen) atoms. The SMILES string of the molecule is COC(=O)[C@@H]([NH3+])COC(C)(C)C. The van der Waals surface area contributed by atoms with Gasteiger partial charge in [0.05, 0.1) is 12.7 Å². The number of quaternary nitrogens is 1. The van der Waals surface area contributed by atoms with Crippen molar-refractivity contribution in [2.45, 2.75) is 32.4 Å². The average molecular weight is 176 g/mol. The lowest BCUT2D eigenvalue weighted by Crippen LogP contribution is -2.67. The predicted octanol–water partition coefficient (Wildman–Crippen LogP) is -0.415. The Balaban J connectivity index is 3.72. The fraction of sp³-hybridized carbons (Fsp3) is 0.875. The standard InChI is InChI=1S/C8H17NO3/c1-8(2,3)12-5-6(9)7(10)11-4/h6H,5,9H2,1-4H3/p+1/t6-/m0/s1. The Morgan fingerprint density at radius 2 is 2.00 bits per heavy atom. The monoisotopic (exact) mass is 176 g/mol. The molecule has 0 aliphatic carbocycles. The van der Waals surface area contributed by atoms with Crippen LogP contribution in [0.4, 0.5) is 0 Å². The van der Waals surface area contributed by atoms with E-state index in [4.69, 9.17) is 4.74 Å². The zero-order chi connectivity index (χ0) is 9.78. The van der Waals surface area contributed by atoms with Gasteiger partial charge in [0.2, 0.25) is 6.04 Å². The Labute approximate surface area is 73.0 Å². The van der Waals surface area contributed by atoms with Crippen molar-refractivity contribution in [3.63, 3.8) is 0 Å². The lowest BCUT2D eigenvalue weighted by Gasteiger charge is -2.20. The van der Waals surface area contributed by atoms with Crippen molar-refractivity contribution >= 4 is 5.97 Å². The fourth-order valence-corrected chi connectivity index (χ4v) is 0.585. The Morgan fingerprint density at radius 3 is 2.33 bits per heavy atom. The molecule has 0 heterocycles. The summed E-state index contributed by atoms with van der Waals surface area (Å²) in [5, 5.41) is 0. The molecule has 0 aliphatic rings. The molecule has 72 valence electrons. The van der Waals surface area contributed by atoms with Gasteiger partial charge in [-0.3, -0.25) is 0 Å². The van der Waals surface area contributed by atoms with Crippen molar-refractivity contribution in [2.24, 2.45) is 0 Å². The van der Waals surface area contributed by atoms with E-state index < -0.39 is 6.04 Å². The molecule has 4 heteroatoms. The molecule has 0 unspecified atom stereocenters. The highest BCUT2D eigenvalue weighted by molar-refractivity contribution is 5.73. The first kappa shape index (κ1) is 11.4. The van der Waals surface area contributed by atoms with Gasteiger partial charge < -0.3 is 15.2 Å². The van der Waals surface area contributed by atoms with Gasteiger partial charge in [-0.2, -0.15) is 0 Å². The summed E-state index contributed by atoms with van der Waals surface area (Å²) < 4.78 is 9.85. The maximum Gasteiger partial charge on any atom is 0.366 e. The second-order valence-electron chi connectivity index (χ2n) is 3.64. The second-order valence-corrected chi connectivity index (χ2v) is 3.64. The molecule has 0 saturated heterocycles. The molecule has 0 aromatic heterocycles. The lowest BCUT2D eigenvalue weighted by molar-refractivity contribution is -0.417. The van der Waals surface area contributed by atoms with Crippen molar-refractivity contribution in [3.8, 4) is 0 Å². The van der Waals surface area contributed by atoms with Gasteiger partial charge in [-0.1, -0.05) is 0 Å². The van der Waals surface area contributed by atoms with Crippen LogP contribution in [0.1, 0.15) is 20.8 Å². The van der Waals surface area contributed by atoms with Gasteiger partial charge in [-0.15, -0.1) is 0 Å². The van der Waals surface area contributed by atoms with Gasteiger partial charge in [0.25, 0.3) is 0 Å². The van der Waals surface area contributed by atoms with E-state index in [1.165, 1.54) is 7.11 Å². The van der Waals surface area contributed by atoms with E-state index in [-0.39, 0.29) is 11.6 Å². The minimum Gasteiger partial charge on any atom is -0.465 e. The number of carbonyl (C=O) groups is 1. The summed E-state index contributed by atoms with van der Waals surface area (Å²) in [5.74, 6) is -0.334. The molecule has 4 nitrogen and oxygen atoms in total. The highest BCUT2D eigenvalue weighted by Crippen LogP contribution is 2.06. The van der Waals surface area contributed by atoms with E-state index in [1.807, 2.05) is 20.8 Å². The minimum atomic E-state index is -0.436. The molecule has 0 radical (unpaired) electrons. The molecule has 0 saturated carbocycles. The Hall–Kier alpha value is -0.610. The molecule has 0 amide bonds. The molecule has 0 aromatic carbocycles. The molecule has 0 rings (SSSR count). The van der Waals surface area contributed by atoms with Crippen LogP contribution in [0, 0.1) is 0 Å². The Kier molecular flexibility index (Phi) is 4.20. The van der Waals surface area contributed by atoms with Gasteiger partial charge in [-0.05, 0) is 20.8 Å². The summed E-state index contributed by atoms with van der Waals surface area (Å²) in [6.07, 6.45) is 0. The van der Waals surface area contributed by atoms with Crippen molar-refractivity contribution < 1.29 is 20.0 Å². The summed E-state index contributed by atoms with van der Waals surface area (Å²) in [5.41, 5.74) is 3.38. The van der Waals surface area contributed by atoms with Crippen LogP contribution in [-0.2, 0) is 14.3 Å². The molecule has 3 N–H and O–H groups in total. The number of hydrogen-bond donors (Lipinski definition) is 1. The summed E-state index contributed by atoms with van der Waals surface area (Å²) in [6.45, 7) is 6.08. The van der Waals surface area contributed by atoms with E-state index in [0.29, 0.717) is 6.61 Å². The van der Waals surface area contributed by atoms with Crippen molar-refractivity contribution in [3.05, 3.63) is 0 Å². The minimum absolute atomic E-state index is 0.232. The number of hydrogen-bond acceptors (Lipinski definition) is 3. The first-order chi connectivity index (χ1) is 5.37. The number of methoxy groups -OCH3 is 1. The third-order valence-electron chi connectivity index (χ3n) is 1.25. The van der Waals surface area contributed by atoms with E-state index in [9.17, 15) is 4.79 Å². The highest BCUT2D eigenvalue weighted by atomic mass is 16.5. The van der Waals surface area contributed by atoms with Crippen LogP contribution in [0.3, 0.4) is 0 Å². The molecular formula is C8H18NO3+. The summed E-state index contributed by atoms with van der Waals surface area (Å²) >= 11 is 0. The van der Waals surface area contributed by atoms with E-state index >= 15 is 0 Å². The number of carbonyl (C=O) groups excluding carboxylic acids is 1. The summed E-state index contributed by atoms with van der Waals surface area (Å²) in [7, 11) is 1.34. The van der Waals surface area contributed by atoms with Gasteiger partial charge in [0.1, 0.15) is 6.61 Å². The van der Waals surface area contributed by atoms with Crippen molar-refractivity contribution in [1.29, 1.82) is 0 Å². The van der Waals surface area contributed by atoms with E-state index in [1.54, 1.807) is 0 Å². The zero-order valence-electron chi connectivity index (χ0n) is 8.22. The predicted molar refractivity (Wildman–Crippen MR) is 44.4 cm³/mol. The molecule has 0 aliphatic heterocycles. The summed E-state index contributed by atoms with van der Waals surface area (Å²) in [4.78, 5) is 10.9. The number of esters is 1. The molecule has 1 atom stereocenters. The Bertz CT molecular complexity index is 151. The van der Waals surface area contributed by atoms with E-state index in [2.05, 4.69) is 10.5 Å². The topological polar surface area (TPSA) is 63.2 Å². The lowest BCUT2D eigenvalue weighted by atomic mass is 10.2. The van der Waals surface area contributed by atoms with Crippen LogP contribution >= 0.6 is 0 Å². The second kappa shape index (κ2) is 4.42. The van der Waals surface area contributed by atoms with Crippen LogP contribution in [0.5, 0.6) is 0 Å². The van der Waals surface area contributed by atoms with E-state index in [0.717, 1.165) is 0 Å². The molecule has 0 spiro atoms. The smallest absolute Gasteiger partial charge is 0.366 e. The van der Waals surface area contributed by atoms with Crippen LogP contribution in [0.25, 0.3) is 0 Å². The third kappa shape index (κ3) is 5.09. The van der Waals surface area contributed by atoms with Crippen LogP contribution in [-0.4, -0.2) is 31.3 Å². The quantitative estimate of drug-likeness (QED) is 0.594. The first-order valence-corrected chi connectivity index (χ1v) is 3.91. The maximum absolute atomic E-state index is 10.9. The van der Waals surface area contributed by atoms with Crippen LogP contribution in [0.15, 0.2) is 0 Å². The molecule has 0 aromatic rings. The van der Waals surface area contributed by atoms with Crippen molar-refractivity contribution in [2.75, 3.05) is 13.7 Å². The number of ether oxygens (including phenoxy) is 2. The van der Waals surface area contributed by atoms with Crippen LogP contribution in [0.2, 0.25) is 0 Å². The first-order valence-electron chi connectivity index (χ1n) is 3.91. The van der Waals surface area contributed by atoms with Gasteiger partial charge in [-0.25, -0.2) is 4.79 Å². The average Bonchev–Trinajstić information content (AvgIpc) is 1.97.